The summed E-state index contributed by atoms with van der Waals surface area (Å²) in [7, 11) is 2.11. The summed E-state index contributed by atoms with van der Waals surface area (Å²) in [5.74, 6) is 0. The molecule has 0 fully saturated rings. The molecule has 0 N–H and O–H groups in total. The van der Waals surface area contributed by atoms with Crippen molar-refractivity contribution in [1.29, 1.82) is 0 Å². The van der Waals surface area contributed by atoms with Gasteiger partial charge < -0.3 is 0 Å². The van der Waals surface area contributed by atoms with Gasteiger partial charge in [0.2, 0.25) is 5.69 Å². The second-order valence-corrected chi connectivity index (χ2v) is 10.2. The summed E-state index contributed by atoms with van der Waals surface area (Å²) < 4.78 is 3.50. The van der Waals surface area contributed by atoms with Gasteiger partial charge in [-0.25, -0.2) is 9.55 Å². The molecule has 0 bridgehead atoms. The Morgan fingerprint density at radius 1 is 0.686 bits per heavy atom. The van der Waals surface area contributed by atoms with Gasteiger partial charge in [0.05, 0.1) is 16.0 Å². The molecule has 3 heteroatoms. The molecule has 0 unspecified atom stereocenters. The topological polar surface area (TPSA) is 16.8 Å². The monoisotopic (exact) mass is 467 g/mol. The van der Waals surface area contributed by atoms with E-state index in [0.717, 1.165) is 10.5 Å². The van der Waals surface area contributed by atoms with Gasteiger partial charge in [0, 0.05) is 28.5 Å². The second-order valence-electron chi connectivity index (χ2n) is 9.17. The molecule has 3 heterocycles. The molecule has 2 nitrogen and oxygen atoms in total. The summed E-state index contributed by atoms with van der Waals surface area (Å²) in [4.78, 5) is 6.32. The molecule has 0 atom stereocenters. The lowest BCUT2D eigenvalue weighted by Crippen LogP contribution is -2.30. The highest BCUT2D eigenvalue weighted by atomic mass is 32.1. The fourth-order valence-electron chi connectivity index (χ4n) is 5.34. The van der Waals surface area contributed by atoms with Crippen LogP contribution in [-0.2, 0) is 7.05 Å². The summed E-state index contributed by atoms with van der Waals surface area (Å²) in [6.07, 6.45) is 2.11. The summed E-state index contributed by atoms with van der Waals surface area (Å²) in [6, 6.07) is 34.9. The van der Waals surface area contributed by atoms with Gasteiger partial charge in [-0.05, 0) is 58.3 Å². The third-order valence-corrected chi connectivity index (χ3v) is 8.20. The fourth-order valence-corrected chi connectivity index (χ4v) is 6.62. The number of benzene rings is 4. The molecule has 0 saturated carbocycles. The van der Waals surface area contributed by atoms with E-state index in [1.807, 2.05) is 0 Å². The van der Waals surface area contributed by atoms with E-state index in [1.165, 1.54) is 59.4 Å². The molecular weight excluding hydrogens is 444 g/mol. The molecule has 4 aromatic carbocycles. The number of aromatic nitrogens is 2. The number of fused-ring (bicyclic) bond motifs is 6. The molecule has 35 heavy (non-hydrogen) atoms. The highest BCUT2D eigenvalue weighted by molar-refractivity contribution is 7.26. The van der Waals surface area contributed by atoms with Gasteiger partial charge >= 0.3 is 0 Å². The quantitative estimate of drug-likeness (QED) is 0.185. The summed E-state index contributed by atoms with van der Waals surface area (Å²) in [5.41, 5.74) is 6.01. The van der Waals surface area contributed by atoms with Crippen molar-refractivity contribution >= 4 is 53.2 Å². The van der Waals surface area contributed by atoms with Gasteiger partial charge in [-0.3, -0.25) is 0 Å². The SMILES string of the molecule is Cc1ccc2c(sc3nc(-c4cc5ccccc5c5ccccc45)ccc32)c1-c1cccc[n+]1C. The number of aryl methyl sites for hydroxylation is 2. The van der Waals surface area contributed by atoms with Gasteiger partial charge in [-0.15, -0.1) is 11.3 Å². The largest absolute Gasteiger partial charge is 0.237 e. The van der Waals surface area contributed by atoms with Gasteiger partial charge in [0.15, 0.2) is 6.20 Å². The first-order valence-corrected chi connectivity index (χ1v) is 12.7. The Bertz CT molecular complexity index is 1930. The van der Waals surface area contributed by atoms with Crippen LogP contribution in [0.5, 0.6) is 0 Å². The zero-order valence-corrected chi connectivity index (χ0v) is 20.4. The van der Waals surface area contributed by atoms with Crippen molar-refractivity contribution in [3.05, 3.63) is 109 Å². The van der Waals surface area contributed by atoms with Crippen molar-refractivity contribution in [2.75, 3.05) is 0 Å². The minimum absolute atomic E-state index is 1.02. The molecule has 0 aliphatic heterocycles. The predicted octanol–water partition coefficient (Wildman–Crippen LogP) is 8.22. The lowest BCUT2D eigenvalue weighted by Gasteiger charge is -2.10. The summed E-state index contributed by atoms with van der Waals surface area (Å²) in [6.45, 7) is 2.20. The van der Waals surface area contributed by atoms with Crippen LogP contribution in [0.15, 0.2) is 103 Å². The number of hydrogen-bond acceptors (Lipinski definition) is 2. The van der Waals surface area contributed by atoms with E-state index in [2.05, 4.69) is 122 Å². The normalized spacial score (nSPS) is 11.7. The average molecular weight is 468 g/mol. The fraction of sp³-hybridized carbons (Fsp3) is 0.0625. The van der Waals surface area contributed by atoms with Crippen LogP contribution in [0.1, 0.15) is 5.56 Å². The van der Waals surface area contributed by atoms with Crippen molar-refractivity contribution in [3.63, 3.8) is 0 Å². The molecule has 0 aliphatic carbocycles. The lowest BCUT2D eigenvalue weighted by atomic mass is 9.95. The number of thiophene rings is 1. The smallest absolute Gasteiger partial charge is 0.213 e. The molecule has 0 saturated heterocycles. The molecule has 0 radical (unpaired) electrons. The van der Waals surface area contributed by atoms with Gasteiger partial charge in [-0.1, -0.05) is 60.7 Å². The highest BCUT2D eigenvalue weighted by Gasteiger charge is 2.19. The van der Waals surface area contributed by atoms with Crippen LogP contribution in [-0.4, -0.2) is 4.98 Å². The van der Waals surface area contributed by atoms with Gasteiger partial charge in [-0.2, -0.15) is 0 Å². The van der Waals surface area contributed by atoms with Crippen molar-refractivity contribution in [3.8, 4) is 22.5 Å². The molecule has 7 rings (SSSR count). The highest BCUT2D eigenvalue weighted by Crippen LogP contribution is 2.42. The average Bonchev–Trinajstić information content (AvgIpc) is 3.26. The van der Waals surface area contributed by atoms with E-state index in [-0.39, 0.29) is 0 Å². The Hall–Kier alpha value is -4.08. The number of nitrogens with zero attached hydrogens (tertiary/aromatic N) is 2. The summed E-state index contributed by atoms with van der Waals surface area (Å²) >= 11 is 1.80. The third kappa shape index (κ3) is 3.09. The molecular formula is C32H23N2S+. The lowest BCUT2D eigenvalue weighted by molar-refractivity contribution is -0.660. The zero-order chi connectivity index (χ0) is 23.5. The summed E-state index contributed by atoms with van der Waals surface area (Å²) in [5, 5.41) is 7.54. The minimum atomic E-state index is 1.02. The van der Waals surface area contributed by atoms with E-state index in [4.69, 9.17) is 4.98 Å². The third-order valence-electron chi connectivity index (χ3n) is 7.07. The Morgan fingerprint density at radius 3 is 2.29 bits per heavy atom. The van der Waals surface area contributed by atoms with Crippen molar-refractivity contribution in [2.45, 2.75) is 6.92 Å². The van der Waals surface area contributed by atoms with Crippen LogP contribution >= 0.6 is 11.3 Å². The molecule has 0 aliphatic rings. The standard InChI is InChI=1S/C32H23N2S/c1-20-14-15-25-26-16-17-28(33-32(26)35-31(25)30(20)29-13-7-8-18-34(29)2)27-19-21-9-3-4-10-22(21)23-11-5-6-12-24(23)27/h3-19H,1-2H3/q+1. The maximum absolute atomic E-state index is 5.24. The first-order chi connectivity index (χ1) is 17.2. The first-order valence-electron chi connectivity index (χ1n) is 11.9. The maximum atomic E-state index is 5.24. The van der Waals surface area contributed by atoms with Crippen LogP contribution in [0, 0.1) is 6.92 Å². The first kappa shape index (κ1) is 20.3. The van der Waals surface area contributed by atoms with E-state index < -0.39 is 0 Å². The molecule has 166 valence electrons. The van der Waals surface area contributed by atoms with Crippen molar-refractivity contribution < 1.29 is 4.57 Å². The van der Waals surface area contributed by atoms with Gasteiger partial charge in [0.25, 0.3) is 0 Å². The molecule has 7 aromatic rings. The Kier molecular flexibility index (Phi) is 4.48. The Morgan fingerprint density at radius 2 is 1.43 bits per heavy atom. The van der Waals surface area contributed by atoms with Crippen LogP contribution in [0.3, 0.4) is 0 Å². The predicted molar refractivity (Wildman–Crippen MR) is 149 cm³/mol. The van der Waals surface area contributed by atoms with Crippen LogP contribution in [0.4, 0.5) is 0 Å². The van der Waals surface area contributed by atoms with Gasteiger partial charge in [0.1, 0.15) is 11.9 Å². The van der Waals surface area contributed by atoms with Crippen molar-refractivity contribution in [1.82, 2.24) is 4.98 Å². The molecule has 0 spiro atoms. The number of rotatable bonds is 2. The van der Waals surface area contributed by atoms with Crippen LogP contribution in [0.25, 0.3) is 64.4 Å². The van der Waals surface area contributed by atoms with E-state index >= 15 is 0 Å². The Balaban J connectivity index is 1.51. The second kappa shape index (κ2) is 7.72. The Labute approximate surface area is 207 Å². The minimum Gasteiger partial charge on any atom is -0.237 e. The number of hydrogen-bond donors (Lipinski definition) is 0. The zero-order valence-electron chi connectivity index (χ0n) is 19.6. The van der Waals surface area contributed by atoms with Crippen molar-refractivity contribution in [2.24, 2.45) is 7.05 Å². The maximum Gasteiger partial charge on any atom is 0.213 e. The van der Waals surface area contributed by atoms with Crippen LogP contribution in [0.2, 0.25) is 0 Å². The molecule has 0 amide bonds. The van der Waals surface area contributed by atoms with E-state index in [1.54, 1.807) is 11.3 Å². The molecule has 3 aromatic heterocycles. The number of pyridine rings is 2. The van der Waals surface area contributed by atoms with E-state index in [9.17, 15) is 0 Å². The van der Waals surface area contributed by atoms with E-state index in [0.29, 0.717) is 0 Å². The van der Waals surface area contributed by atoms with Crippen LogP contribution < -0.4 is 4.57 Å².